The molecule has 0 amide bonds. The second-order valence-electron chi connectivity index (χ2n) is 3.67. The van der Waals surface area contributed by atoms with Crippen molar-refractivity contribution in [3.63, 3.8) is 0 Å². The van der Waals surface area contributed by atoms with E-state index in [9.17, 15) is 4.79 Å². The molecule has 3 nitrogen and oxygen atoms in total. The lowest BCUT2D eigenvalue weighted by atomic mass is 10.3. The lowest BCUT2D eigenvalue weighted by molar-refractivity contribution is 0.695. The monoisotopic (exact) mass is 376 g/mol. The first-order chi connectivity index (χ1) is 7.99. The van der Waals surface area contributed by atoms with Gasteiger partial charge in [0.25, 0.3) is 0 Å². The zero-order chi connectivity index (χ0) is 12.6. The first kappa shape index (κ1) is 13.0. The fraction of sp³-hybridized carbons (Fsp3) is 0.273. The van der Waals surface area contributed by atoms with E-state index in [1.54, 1.807) is 15.9 Å². The smallest absolute Gasteiger partial charge is 0.290 e. The molecule has 0 aromatic carbocycles. The van der Waals surface area contributed by atoms with Crippen molar-refractivity contribution in [1.29, 1.82) is 0 Å². The summed E-state index contributed by atoms with van der Waals surface area (Å²) in [7, 11) is 0. The van der Waals surface area contributed by atoms with Gasteiger partial charge in [-0.1, -0.05) is 0 Å². The summed E-state index contributed by atoms with van der Waals surface area (Å²) in [4.78, 5) is 17.0. The maximum absolute atomic E-state index is 11.8. The minimum Gasteiger partial charge on any atom is -0.290 e. The van der Waals surface area contributed by atoms with Crippen LogP contribution in [0.4, 0.5) is 0 Å². The zero-order valence-electron chi connectivity index (χ0n) is 9.33. The molecule has 0 N–H and O–H groups in total. The van der Waals surface area contributed by atoms with Gasteiger partial charge < -0.3 is 0 Å². The summed E-state index contributed by atoms with van der Waals surface area (Å²) >= 11 is 8.49. The number of halogens is 2. The van der Waals surface area contributed by atoms with Gasteiger partial charge >= 0.3 is 5.69 Å². The first-order valence-electron chi connectivity index (χ1n) is 4.97. The Labute approximate surface area is 120 Å². The Hall–Kier alpha value is -0.460. The van der Waals surface area contributed by atoms with Crippen LogP contribution in [0.15, 0.2) is 25.2 Å². The summed E-state index contributed by atoms with van der Waals surface area (Å²) in [5, 5.41) is 0. The van der Waals surface area contributed by atoms with Gasteiger partial charge in [0.15, 0.2) is 0 Å². The van der Waals surface area contributed by atoms with Crippen LogP contribution in [0.2, 0.25) is 0 Å². The molecule has 6 heteroatoms. The van der Waals surface area contributed by atoms with Gasteiger partial charge in [0, 0.05) is 10.6 Å². The number of rotatable bonds is 2. The van der Waals surface area contributed by atoms with Crippen molar-refractivity contribution in [2.75, 3.05) is 0 Å². The number of hydrogen-bond acceptors (Lipinski definition) is 3. The van der Waals surface area contributed by atoms with Gasteiger partial charge in [-0.2, -0.15) is 4.98 Å². The Morgan fingerprint density at radius 3 is 2.65 bits per heavy atom. The number of aryl methyl sites for hydroxylation is 1. The Morgan fingerprint density at radius 2 is 2.06 bits per heavy atom. The molecule has 0 fully saturated rings. The topological polar surface area (TPSA) is 34.9 Å². The van der Waals surface area contributed by atoms with Crippen LogP contribution >= 0.6 is 43.2 Å². The fourth-order valence-corrected chi connectivity index (χ4v) is 3.33. The van der Waals surface area contributed by atoms with Gasteiger partial charge in [-0.3, -0.25) is 4.57 Å². The third-order valence-electron chi connectivity index (χ3n) is 2.48. The van der Waals surface area contributed by atoms with Crippen LogP contribution in [0.1, 0.15) is 16.3 Å². The molecule has 0 bridgehead atoms. The number of thiophene rings is 1. The molecular formula is C11H10Br2N2OS. The van der Waals surface area contributed by atoms with E-state index in [-0.39, 0.29) is 5.69 Å². The summed E-state index contributed by atoms with van der Waals surface area (Å²) < 4.78 is 3.64. The largest absolute Gasteiger partial charge is 0.348 e. The van der Waals surface area contributed by atoms with Crippen LogP contribution < -0.4 is 5.69 Å². The molecule has 17 heavy (non-hydrogen) atoms. The average Bonchev–Trinajstić information content (AvgIpc) is 2.67. The minimum absolute atomic E-state index is 0.201. The standard InChI is InChI=1S/C11H10Br2N2OS/c1-6-10(13)7(2)15(11(16)14-6)5-8-3-4-9(12)17-8/h3-4H,5H2,1-2H3. The predicted octanol–water partition coefficient (Wildman–Crippen LogP) is 3.49. The molecule has 0 atom stereocenters. The van der Waals surface area contributed by atoms with Crippen molar-refractivity contribution in [1.82, 2.24) is 9.55 Å². The maximum Gasteiger partial charge on any atom is 0.348 e. The molecule has 0 radical (unpaired) electrons. The van der Waals surface area contributed by atoms with E-state index in [0.29, 0.717) is 6.54 Å². The van der Waals surface area contributed by atoms with Gasteiger partial charge in [0.1, 0.15) is 0 Å². The predicted molar refractivity (Wildman–Crippen MR) is 76.8 cm³/mol. The van der Waals surface area contributed by atoms with E-state index in [1.165, 1.54) is 0 Å². The molecule has 0 aliphatic rings. The normalized spacial score (nSPS) is 10.8. The summed E-state index contributed by atoms with van der Waals surface area (Å²) in [5.41, 5.74) is 1.44. The lowest BCUT2D eigenvalue weighted by Crippen LogP contribution is -2.26. The molecule has 2 aromatic rings. The van der Waals surface area contributed by atoms with E-state index in [1.807, 2.05) is 26.0 Å². The SMILES string of the molecule is Cc1nc(=O)n(Cc2ccc(Br)s2)c(C)c1Br. The number of hydrogen-bond donors (Lipinski definition) is 0. The summed E-state index contributed by atoms with van der Waals surface area (Å²) in [5.74, 6) is 0. The number of nitrogens with zero attached hydrogens (tertiary/aromatic N) is 2. The second kappa shape index (κ2) is 5.04. The molecule has 2 aromatic heterocycles. The number of aromatic nitrogens is 2. The van der Waals surface area contributed by atoms with E-state index in [4.69, 9.17) is 0 Å². The molecule has 2 rings (SSSR count). The van der Waals surface area contributed by atoms with Crippen molar-refractivity contribution >= 4 is 43.2 Å². The molecule has 0 aliphatic heterocycles. The van der Waals surface area contributed by atoms with Crippen LogP contribution in [0.5, 0.6) is 0 Å². The Bertz CT molecular complexity index is 618. The summed E-state index contributed by atoms with van der Waals surface area (Å²) in [6, 6.07) is 3.99. The van der Waals surface area contributed by atoms with E-state index >= 15 is 0 Å². The van der Waals surface area contributed by atoms with Crippen LogP contribution in [0.25, 0.3) is 0 Å². The second-order valence-corrected chi connectivity index (χ2v) is 7.01. The molecule has 90 valence electrons. The van der Waals surface area contributed by atoms with Gasteiger partial charge in [-0.15, -0.1) is 11.3 Å². The molecule has 0 unspecified atom stereocenters. The highest BCUT2D eigenvalue weighted by Gasteiger charge is 2.10. The highest BCUT2D eigenvalue weighted by atomic mass is 79.9. The van der Waals surface area contributed by atoms with E-state index in [2.05, 4.69) is 36.8 Å². The maximum atomic E-state index is 11.8. The van der Waals surface area contributed by atoms with Gasteiger partial charge in [-0.05, 0) is 57.8 Å². The average molecular weight is 378 g/mol. The molecule has 0 aliphatic carbocycles. The van der Waals surface area contributed by atoms with Gasteiger partial charge in [0.05, 0.1) is 20.5 Å². The van der Waals surface area contributed by atoms with Crippen LogP contribution in [-0.2, 0) is 6.54 Å². The highest BCUT2D eigenvalue weighted by Crippen LogP contribution is 2.24. The molecule has 0 saturated heterocycles. The van der Waals surface area contributed by atoms with Crippen molar-refractivity contribution in [2.45, 2.75) is 20.4 Å². The lowest BCUT2D eigenvalue weighted by Gasteiger charge is -2.10. The molecule has 0 saturated carbocycles. The van der Waals surface area contributed by atoms with Crippen molar-refractivity contribution in [3.05, 3.63) is 47.1 Å². The zero-order valence-corrected chi connectivity index (χ0v) is 13.3. The third kappa shape index (κ3) is 2.69. The summed E-state index contributed by atoms with van der Waals surface area (Å²) in [6.45, 7) is 4.31. The van der Waals surface area contributed by atoms with Crippen molar-refractivity contribution in [2.24, 2.45) is 0 Å². The van der Waals surface area contributed by atoms with Crippen LogP contribution in [0, 0.1) is 13.8 Å². The minimum atomic E-state index is -0.201. The Balaban J connectivity index is 2.46. The van der Waals surface area contributed by atoms with E-state index in [0.717, 1.165) is 24.5 Å². The first-order valence-corrected chi connectivity index (χ1v) is 7.37. The van der Waals surface area contributed by atoms with Gasteiger partial charge in [0.2, 0.25) is 0 Å². The Morgan fingerprint density at radius 1 is 1.35 bits per heavy atom. The highest BCUT2D eigenvalue weighted by molar-refractivity contribution is 9.11. The molecule has 2 heterocycles. The Kier molecular flexibility index (Phi) is 3.85. The van der Waals surface area contributed by atoms with Crippen LogP contribution in [-0.4, -0.2) is 9.55 Å². The summed E-state index contributed by atoms with van der Waals surface area (Å²) in [6.07, 6.45) is 0. The quantitative estimate of drug-likeness (QED) is 0.802. The van der Waals surface area contributed by atoms with Crippen molar-refractivity contribution < 1.29 is 0 Å². The van der Waals surface area contributed by atoms with Gasteiger partial charge in [-0.25, -0.2) is 4.79 Å². The van der Waals surface area contributed by atoms with Crippen molar-refractivity contribution in [3.8, 4) is 0 Å². The van der Waals surface area contributed by atoms with E-state index < -0.39 is 0 Å². The molecular weight excluding hydrogens is 368 g/mol. The fourth-order valence-electron chi connectivity index (χ4n) is 1.56. The third-order valence-corrected chi connectivity index (χ3v) is 5.23. The van der Waals surface area contributed by atoms with Crippen LogP contribution in [0.3, 0.4) is 0 Å². The molecule has 0 spiro atoms.